The second-order valence-electron chi connectivity index (χ2n) is 8.25. The number of nitrogens with one attached hydrogen (secondary N) is 3. The van der Waals surface area contributed by atoms with Gasteiger partial charge in [-0.1, -0.05) is 35.3 Å². The number of anilines is 2. The van der Waals surface area contributed by atoms with Crippen molar-refractivity contribution in [3.05, 3.63) is 86.7 Å². The highest BCUT2D eigenvalue weighted by Crippen LogP contribution is 2.38. The average Bonchev–Trinajstić information content (AvgIpc) is 3.60. The first kappa shape index (κ1) is 25.1. The van der Waals surface area contributed by atoms with Gasteiger partial charge in [-0.3, -0.25) is 4.98 Å². The van der Waals surface area contributed by atoms with Gasteiger partial charge in [0.15, 0.2) is 0 Å². The van der Waals surface area contributed by atoms with E-state index in [0.29, 0.717) is 32.7 Å². The van der Waals surface area contributed by atoms with Crippen molar-refractivity contribution in [3.8, 4) is 22.9 Å². The van der Waals surface area contributed by atoms with Gasteiger partial charge in [0.25, 0.3) is 0 Å². The van der Waals surface area contributed by atoms with Crippen molar-refractivity contribution in [3.63, 3.8) is 0 Å². The first-order chi connectivity index (χ1) is 18.1. The number of fused-ring (bicyclic) bond motifs is 1. The number of nitrogens with zero attached hydrogens (tertiary/aromatic N) is 3. The van der Waals surface area contributed by atoms with Gasteiger partial charge in [-0.05, 0) is 34.7 Å². The van der Waals surface area contributed by atoms with Gasteiger partial charge < -0.3 is 20.4 Å². The number of imidazole rings is 1. The van der Waals surface area contributed by atoms with Crippen LogP contribution in [0.2, 0.25) is 10.0 Å². The fourth-order valence-corrected chi connectivity index (χ4v) is 5.36. The van der Waals surface area contributed by atoms with Gasteiger partial charge >= 0.3 is 0 Å². The number of pyridine rings is 1. The Kier molecular flexibility index (Phi) is 7.58. The van der Waals surface area contributed by atoms with Crippen molar-refractivity contribution in [2.75, 3.05) is 19.0 Å². The number of methoxy groups -OCH3 is 1. The van der Waals surface area contributed by atoms with Crippen molar-refractivity contribution >= 4 is 56.8 Å². The van der Waals surface area contributed by atoms with Crippen molar-refractivity contribution in [1.29, 1.82) is 5.26 Å². The lowest BCUT2D eigenvalue weighted by Crippen LogP contribution is -2.16. The predicted octanol–water partition coefficient (Wildman–Crippen LogP) is 6.95. The summed E-state index contributed by atoms with van der Waals surface area (Å²) in [4.78, 5) is 13.2. The molecular formula is C27H22Cl2N6OS. The quantitative estimate of drug-likeness (QED) is 0.172. The summed E-state index contributed by atoms with van der Waals surface area (Å²) in [7, 11) is 1.54. The number of hydrogen-bond acceptors (Lipinski definition) is 7. The van der Waals surface area contributed by atoms with E-state index in [2.05, 4.69) is 43.1 Å². The van der Waals surface area contributed by atoms with E-state index in [0.717, 1.165) is 47.4 Å². The molecule has 0 radical (unpaired) electrons. The minimum Gasteiger partial charge on any atom is -0.495 e. The second-order valence-corrected chi connectivity index (χ2v) is 10.1. The lowest BCUT2D eigenvalue weighted by molar-refractivity contribution is 0.415. The molecule has 7 nitrogen and oxygen atoms in total. The van der Waals surface area contributed by atoms with Crippen LogP contribution in [0.4, 0.5) is 11.4 Å². The van der Waals surface area contributed by atoms with Crippen LogP contribution in [0.3, 0.4) is 0 Å². The molecule has 0 saturated carbocycles. The van der Waals surface area contributed by atoms with Crippen LogP contribution in [-0.4, -0.2) is 28.6 Å². The Morgan fingerprint density at radius 3 is 2.78 bits per heavy atom. The van der Waals surface area contributed by atoms with E-state index in [9.17, 15) is 5.26 Å². The number of aromatic amines is 1. The van der Waals surface area contributed by atoms with Crippen LogP contribution in [0.15, 0.2) is 60.4 Å². The number of aromatic nitrogens is 3. The lowest BCUT2D eigenvalue weighted by atomic mass is 10.0. The fraction of sp³-hybridized carbons (Fsp3) is 0.148. The minimum atomic E-state index is 0.406. The van der Waals surface area contributed by atoms with E-state index < -0.39 is 0 Å². The molecule has 3 heterocycles. The van der Waals surface area contributed by atoms with Gasteiger partial charge in [-0.15, -0.1) is 11.3 Å². The average molecular weight is 549 g/mol. The Morgan fingerprint density at radius 1 is 1.11 bits per heavy atom. The summed E-state index contributed by atoms with van der Waals surface area (Å²) < 4.78 is 5.32. The summed E-state index contributed by atoms with van der Waals surface area (Å²) >= 11 is 14.3. The third kappa shape index (κ3) is 5.55. The summed E-state index contributed by atoms with van der Waals surface area (Å²) in [5.41, 5.74) is 4.56. The summed E-state index contributed by atoms with van der Waals surface area (Å²) in [6.45, 7) is 1.64. The van der Waals surface area contributed by atoms with E-state index >= 15 is 0 Å². The van der Waals surface area contributed by atoms with Crippen LogP contribution in [0.25, 0.3) is 22.0 Å². The molecule has 0 unspecified atom stereocenters. The molecule has 3 aromatic heterocycles. The zero-order valence-electron chi connectivity index (χ0n) is 19.8. The smallest absolute Gasteiger partial charge is 0.139 e. The van der Waals surface area contributed by atoms with E-state index in [4.69, 9.17) is 27.9 Å². The predicted molar refractivity (Wildman–Crippen MR) is 150 cm³/mol. The molecule has 0 atom stereocenters. The molecule has 3 N–H and O–H groups in total. The summed E-state index contributed by atoms with van der Waals surface area (Å²) in [6, 6.07) is 13.8. The SMILES string of the molecule is COc1cc(Nc2c(C#N)cnc3cc(-c4csc(CNCCc5ncc[nH]5)c4)ccc23)c(Cl)cc1Cl. The minimum absolute atomic E-state index is 0.406. The van der Waals surface area contributed by atoms with Crippen LogP contribution in [0.1, 0.15) is 16.3 Å². The molecule has 10 heteroatoms. The maximum Gasteiger partial charge on any atom is 0.139 e. The number of thiophene rings is 1. The first-order valence-electron chi connectivity index (χ1n) is 11.5. The number of rotatable bonds is 9. The molecule has 0 spiro atoms. The maximum absolute atomic E-state index is 9.73. The van der Waals surface area contributed by atoms with Crippen LogP contribution < -0.4 is 15.4 Å². The highest BCUT2D eigenvalue weighted by atomic mass is 35.5. The highest BCUT2D eigenvalue weighted by Gasteiger charge is 2.14. The summed E-state index contributed by atoms with van der Waals surface area (Å²) in [5.74, 6) is 1.46. The van der Waals surface area contributed by atoms with Gasteiger partial charge in [-0.25, -0.2) is 4.98 Å². The zero-order valence-corrected chi connectivity index (χ0v) is 22.1. The van der Waals surface area contributed by atoms with E-state index in [-0.39, 0.29) is 0 Å². The molecule has 186 valence electrons. The topological polar surface area (TPSA) is 98.7 Å². The third-order valence-electron chi connectivity index (χ3n) is 5.87. The van der Waals surface area contributed by atoms with E-state index in [1.165, 1.54) is 12.0 Å². The number of ether oxygens (including phenoxy) is 1. The Bertz CT molecular complexity index is 1590. The van der Waals surface area contributed by atoms with Crippen molar-refractivity contribution in [2.45, 2.75) is 13.0 Å². The van der Waals surface area contributed by atoms with E-state index in [1.807, 2.05) is 24.4 Å². The van der Waals surface area contributed by atoms with Crippen molar-refractivity contribution in [2.24, 2.45) is 0 Å². The second kappa shape index (κ2) is 11.2. The Labute approximate surface area is 228 Å². The Balaban J connectivity index is 1.37. The van der Waals surface area contributed by atoms with Gasteiger partial charge in [0.05, 0.1) is 39.6 Å². The molecule has 37 heavy (non-hydrogen) atoms. The molecule has 0 amide bonds. The lowest BCUT2D eigenvalue weighted by Gasteiger charge is -2.15. The zero-order chi connectivity index (χ0) is 25.8. The summed E-state index contributed by atoms with van der Waals surface area (Å²) in [5, 5.41) is 20.3. The molecule has 0 bridgehead atoms. The molecule has 2 aromatic carbocycles. The normalized spacial score (nSPS) is 11.0. The highest BCUT2D eigenvalue weighted by molar-refractivity contribution is 7.10. The van der Waals surface area contributed by atoms with Crippen LogP contribution in [0, 0.1) is 11.3 Å². The molecule has 0 fully saturated rings. The largest absolute Gasteiger partial charge is 0.495 e. The van der Waals surface area contributed by atoms with Crippen LogP contribution in [0.5, 0.6) is 5.75 Å². The van der Waals surface area contributed by atoms with Crippen LogP contribution in [-0.2, 0) is 13.0 Å². The Morgan fingerprint density at radius 2 is 2.00 bits per heavy atom. The molecule has 0 aliphatic heterocycles. The summed E-state index contributed by atoms with van der Waals surface area (Å²) in [6.07, 6.45) is 6.03. The van der Waals surface area contributed by atoms with Crippen molar-refractivity contribution in [1.82, 2.24) is 20.3 Å². The van der Waals surface area contributed by atoms with Crippen LogP contribution >= 0.6 is 34.5 Å². The molecular weight excluding hydrogens is 527 g/mol. The maximum atomic E-state index is 9.73. The third-order valence-corrected chi connectivity index (χ3v) is 7.42. The van der Waals surface area contributed by atoms with Gasteiger partial charge in [0.2, 0.25) is 0 Å². The van der Waals surface area contributed by atoms with Crippen molar-refractivity contribution < 1.29 is 4.74 Å². The standard InChI is InChI=1S/C27H22Cl2N6OS/c1-36-25-11-24(21(28)10-22(25)29)35-27-18(12-30)13-34-23-9-16(2-3-20(23)27)17-8-19(37-15-17)14-31-5-4-26-32-6-7-33-26/h2-3,6-11,13,15,31H,4-5,14H2,1H3,(H,32,33)(H,34,35). The number of nitriles is 1. The fourth-order valence-electron chi connectivity index (χ4n) is 3.99. The van der Waals surface area contributed by atoms with Gasteiger partial charge in [0.1, 0.15) is 17.6 Å². The molecule has 5 aromatic rings. The van der Waals surface area contributed by atoms with Gasteiger partial charge in [-0.2, -0.15) is 5.26 Å². The first-order valence-corrected chi connectivity index (χ1v) is 13.1. The molecule has 5 rings (SSSR count). The molecule has 0 saturated heterocycles. The number of hydrogen-bond donors (Lipinski definition) is 3. The number of H-pyrrole nitrogens is 1. The molecule has 0 aliphatic carbocycles. The Hall–Kier alpha value is -3.61. The van der Waals surface area contributed by atoms with Gasteiger partial charge in [0, 0.05) is 54.4 Å². The molecule has 0 aliphatic rings. The number of benzene rings is 2. The number of halogens is 2. The monoisotopic (exact) mass is 548 g/mol. The van der Waals surface area contributed by atoms with E-state index in [1.54, 1.807) is 35.9 Å².